The number of nitrogens with zero attached hydrogens (tertiary/aromatic N) is 2. The molecular weight excluding hydrogens is 531 g/mol. The van der Waals surface area contributed by atoms with Gasteiger partial charge in [0.25, 0.3) is 0 Å². The molecule has 3 N–H and O–H groups in total. The second-order valence-electron chi connectivity index (χ2n) is 9.57. The molecule has 1 fully saturated rings. The van der Waals surface area contributed by atoms with E-state index in [0.717, 1.165) is 31.6 Å². The van der Waals surface area contributed by atoms with Crippen LogP contribution in [-0.4, -0.2) is 39.6 Å². The van der Waals surface area contributed by atoms with Crippen LogP contribution >= 0.6 is 0 Å². The molecule has 0 bridgehead atoms. The van der Waals surface area contributed by atoms with Crippen molar-refractivity contribution < 1.29 is 26.3 Å². The van der Waals surface area contributed by atoms with Gasteiger partial charge in [-0.15, -0.1) is 0 Å². The summed E-state index contributed by atoms with van der Waals surface area (Å²) in [6.07, 6.45) is -0.584. The summed E-state index contributed by atoms with van der Waals surface area (Å²) in [4.78, 5) is 6.07. The molecule has 0 unspecified atom stereocenters. The van der Waals surface area contributed by atoms with Crippen LogP contribution in [0.1, 0.15) is 38.7 Å². The van der Waals surface area contributed by atoms with Crippen LogP contribution < -0.4 is 25.0 Å². The standard InChI is InChI=1S/C27H32F3N5O3S/c1-18(2)34-39(36,37)25-10-6-5-9-22(25)32-23-16-26(31-17-20(23)27(28,29)30)33-21-12-11-19(15-24(21)38-3)35-13-7-4-8-14-35/h5-6,9-12,15-18,34H,4,7-8,13-14H2,1-3H3,(H2,31,32,33). The first-order valence-corrected chi connectivity index (χ1v) is 14.1. The molecule has 0 amide bonds. The second-order valence-corrected chi connectivity index (χ2v) is 11.2. The minimum Gasteiger partial charge on any atom is -0.494 e. The molecule has 39 heavy (non-hydrogen) atoms. The van der Waals surface area contributed by atoms with Crippen LogP contribution in [0, 0.1) is 0 Å². The molecule has 2 heterocycles. The third-order valence-electron chi connectivity index (χ3n) is 6.22. The highest BCUT2D eigenvalue weighted by molar-refractivity contribution is 7.89. The lowest BCUT2D eigenvalue weighted by molar-refractivity contribution is -0.137. The number of pyridine rings is 1. The van der Waals surface area contributed by atoms with Gasteiger partial charge >= 0.3 is 6.18 Å². The lowest BCUT2D eigenvalue weighted by Gasteiger charge is -2.29. The van der Waals surface area contributed by atoms with E-state index >= 15 is 0 Å². The summed E-state index contributed by atoms with van der Waals surface area (Å²) < 4.78 is 75.4. The van der Waals surface area contributed by atoms with Crippen molar-refractivity contribution in [2.45, 2.75) is 50.2 Å². The number of alkyl halides is 3. The minimum absolute atomic E-state index is 0.00300. The Bertz CT molecular complexity index is 1410. The Labute approximate surface area is 226 Å². The van der Waals surface area contributed by atoms with E-state index in [0.29, 0.717) is 17.6 Å². The summed E-state index contributed by atoms with van der Waals surface area (Å²) in [6, 6.07) is 12.2. The maximum Gasteiger partial charge on any atom is 0.419 e. The average Bonchev–Trinajstić information content (AvgIpc) is 2.88. The number of rotatable bonds is 9. The van der Waals surface area contributed by atoms with Gasteiger partial charge in [-0.25, -0.2) is 18.1 Å². The van der Waals surface area contributed by atoms with E-state index in [-0.39, 0.29) is 22.1 Å². The van der Waals surface area contributed by atoms with Crippen molar-refractivity contribution in [2.75, 3.05) is 35.7 Å². The van der Waals surface area contributed by atoms with E-state index in [1.165, 1.54) is 37.8 Å². The van der Waals surface area contributed by atoms with Gasteiger partial charge in [-0.3, -0.25) is 0 Å². The van der Waals surface area contributed by atoms with Crippen LogP contribution in [-0.2, 0) is 16.2 Å². The number of piperidine rings is 1. The van der Waals surface area contributed by atoms with Crippen molar-refractivity contribution in [1.29, 1.82) is 0 Å². The van der Waals surface area contributed by atoms with Crippen LogP contribution in [0.25, 0.3) is 0 Å². The Morgan fingerprint density at radius 2 is 1.67 bits per heavy atom. The molecule has 1 aliphatic rings. The maximum atomic E-state index is 13.9. The van der Waals surface area contributed by atoms with Gasteiger partial charge in [-0.05, 0) is 57.4 Å². The number of aromatic nitrogens is 1. The van der Waals surface area contributed by atoms with Crippen molar-refractivity contribution in [1.82, 2.24) is 9.71 Å². The number of benzene rings is 2. The lowest BCUT2D eigenvalue weighted by Crippen LogP contribution is -2.30. The van der Waals surface area contributed by atoms with Gasteiger partial charge in [0.1, 0.15) is 16.5 Å². The zero-order chi connectivity index (χ0) is 28.2. The first-order chi connectivity index (χ1) is 18.5. The van der Waals surface area contributed by atoms with Gasteiger partial charge in [-0.2, -0.15) is 13.2 Å². The molecule has 1 saturated heterocycles. The molecule has 0 spiro atoms. The highest BCUT2D eigenvalue weighted by Gasteiger charge is 2.35. The van der Waals surface area contributed by atoms with E-state index < -0.39 is 27.8 Å². The van der Waals surface area contributed by atoms with Crippen LogP contribution in [0.4, 0.5) is 41.7 Å². The molecule has 2 aromatic carbocycles. The SMILES string of the molecule is COc1cc(N2CCCCC2)ccc1Nc1cc(Nc2ccccc2S(=O)(=O)NC(C)C)c(C(F)(F)F)cn1. The number of sulfonamides is 1. The van der Waals surface area contributed by atoms with Crippen LogP contribution in [0.15, 0.2) is 59.6 Å². The highest BCUT2D eigenvalue weighted by Crippen LogP contribution is 2.39. The van der Waals surface area contributed by atoms with Crippen molar-refractivity contribution in [2.24, 2.45) is 0 Å². The molecule has 0 saturated carbocycles. The molecular formula is C27H32F3N5O3S. The minimum atomic E-state index is -4.73. The molecule has 1 aromatic heterocycles. The van der Waals surface area contributed by atoms with Crippen molar-refractivity contribution in [3.05, 3.63) is 60.3 Å². The average molecular weight is 564 g/mol. The van der Waals surface area contributed by atoms with E-state index in [1.807, 2.05) is 12.1 Å². The molecule has 1 aliphatic heterocycles. The lowest BCUT2D eigenvalue weighted by atomic mass is 10.1. The molecule has 3 aromatic rings. The van der Waals surface area contributed by atoms with Crippen molar-refractivity contribution >= 4 is 38.6 Å². The Kier molecular flexibility index (Phi) is 8.55. The molecule has 210 valence electrons. The summed E-state index contributed by atoms with van der Waals surface area (Å²) >= 11 is 0. The van der Waals surface area contributed by atoms with Gasteiger partial charge < -0.3 is 20.3 Å². The van der Waals surface area contributed by atoms with Crippen LogP contribution in [0.5, 0.6) is 5.75 Å². The van der Waals surface area contributed by atoms with E-state index in [9.17, 15) is 21.6 Å². The predicted molar refractivity (Wildman–Crippen MR) is 147 cm³/mol. The van der Waals surface area contributed by atoms with Crippen LogP contribution in [0.2, 0.25) is 0 Å². The predicted octanol–water partition coefficient (Wildman–Crippen LogP) is 6.27. The number of hydrogen-bond donors (Lipinski definition) is 3. The van der Waals surface area contributed by atoms with Crippen molar-refractivity contribution in [3.8, 4) is 5.75 Å². The first kappa shape index (κ1) is 28.5. The maximum absolute atomic E-state index is 13.9. The number of para-hydroxylation sites is 1. The number of hydrogen-bond acceptors (Lipinski definition) is 7. The second kappa shape index (κ2) is 11.7. The largest absolute Gasteiger partial charge is 0.494 e. The van der Waals surface area contributed by atoms with E-state index in [4.69, 9.17) is 4.74 Å². The third-order valence-corrected chi connectivity index (χ3v) is 7.93. The number of ether oxygens (including phenoxy) is 1. The Morgan fingerprint density at radius 1 is 0.949 bits per heavy atom. The smallest absolute Gasteiger partial charge is 0.419 e. The monoisotopic (exact) mass is 563 g/mol. The Morgan fingerprint density at radius 3 is 2.33 bits per heavy atom. The number of nitrogens with one attached hydrogen (secondary N) is 3. The molecule has 0 atom stereocenters. The van der Waals surface area contributed by atoms with Gasteiger partial charge in [0.2, 0.25) is 10.0 Å². The normalized spacial score (nSPS) is 14.4. The summed E-state index contributed by atoms with van der Waals surface area (Å²) in [5.41, 5.74) is 0.144. The number of methoxy groups -OCH3 is 1. The van der Waals surface area contributed by atoms with Gasteiger partial charge in [0.15, 0.2) is 0 Å². The quantitative estimate of drug-likeness (QED) is 0.282. The van der Waals surface area contributed by atoms with Gasteiger partial charge in [-0.1, -0.05) is 12.1 Å². The third kappa shape index (κ3) is 6.93. The summed E-state index contributed by atoms with van der Waals surface area (Å²) in [7, 11) is -2.46. The molecule has 0 radical (unpaired) electrons. The fraction of sp³-hybridized carbons (Fsp3) is 0.370. The van der Waals surface area contributed by atoms with Gasteiger partial charge in [0, 0.05) is 43.1 Å². The van der Waals surface area contributed by atoms with Crippen molar-refractivity contribution in [3.63, 3.8) is 0 Å². The first-order valence-electron chi connectivity index (χ1n) is 12.6. The van der Waals surface area contributed by atoms with Crippen LogP contribution in [0.3, 0.4) is 0 Å². The van der Waals surface area contributed by atoms with E-state index in [1.54, 1.807) is 26.0 Å². The fourth-order valence-corrected chi connectivity index (χ4v) is 5.86. The Hall–Kier alpha value is -3.51. The van der Waals surface area contributed by atoms with Gasteiger partial charge in [0.05, 0.1) is 29.7 Å². The molecule has 12 heteroatoms. The highest BCUT2D eigenvalue weighted by atomic mass is 32.2. The Balaban J connectivity index is 1.68. The zero-order valence-corrected chi connectivity index (χ0v) is 22.8. The number of anilines is 5. The summed E-state index contributed by atoms with van der Waals surface area (Å²) in [5.74, 6) is 0.639. The summed E-state index contributed by atoms with van der Waals surface area (Å²) in [6.45, 7) is 5.22. The molecule has 0 aliphatic carbocycles. The zero-order valence-electron chi connectivity index (χ0n) is 22.0. The molecule has 8 nitrogen and oxygen atoms in total. The number of halogens is 3. The fourth-order valence-electron chi connectivity index (χ4n) is 4.45. The summed E-state index contributed by atoms with van der Waals surface area (Å²) in [5, 5.41) is 5.71. The molecule has 4 rings (SSSR count). The topological polar surface area (TPSA) is 95.6 Å². The van der Waals surface area contributed by atoms with E-state index in [2.05, 4.69) is 25.2 Å².